The summed E-state index contributed by atoms with van der Waals surface area (Å²) in [6, 6.07) is 6.59. The Labute approximate surface area is 167 Å². The first-order valence-electron chi connectivity index (χ1n) is 8.82. The van der Waals surface area contributed by atoms with Crippen molar-refractivity contribution in [2.24, 2.45) is 0 Å². The molecule has 1 saturated heterocycles. The molecule has 1 aliphatic rings. The fourth-order valence-corrected chi connectivity index (χ4v) is 4.20. The SMILES string of the molecule is COc1cc(-c2cnc3[nH]cc(I)c3c2)cc(C)c1N1CCN(C)CC1. The van der Waals surface area contributed by atoms with Crippen LogP contribution in [-0.2, 0) is 0 Å². The molecule has 6 heteroatoms. The number of rotatable bonds is 3. The van der Waals surface area contributed by atoms with E-state index < -0.39 is 0 Å². The lowest BCUT2D eigenvalue weighted by molar-refractivity contribution is 0.311. The molecule has 2 aromatic heterocycles. The summed E-state index contributed by atoms with van der Waals surface area (Å²) in [4.78, 5) is 12.6. The van der Waals surface area contributed by atoms with Crippen LogP contribution in [0, 0.1) is 10.5 Å². The van der Waals surface area contributed by atoms with Crippen molar-refractivity contribution in [2.75, 3.05) is 45.2 Å². The molecule has 1 aromatic carbocycles. The molecule has 0 saturated carbocycles. The van der Waals surface area contributed by atoms with Crippen molar-refractivity contribution in [3.63, 3.8) is 0 Å². The molecule has 0 aliphatic carbocycles. The molecule has 0 atom stereocenters. The Bertz CT molecular complexity index is 944. The van der Waals surface area contributed by atoms with E-state index in [2.05, 4.69) is 74.5 Å². The van der Waals surface area contributed by atoms with Gasteiger partial charge in [0.05, 0.1) is 12.8 Å². The summed E-state index contributed by atoms with van der Waals surface area (Å²) >= 11 is 2.34. The highest BCUT2D eigenvalue weighted by molar-refractivity contribution is 14.1. The van der Waals surface area contributed by atoms with Crippen LogP contribution >= 0.6 is 22.6 Å². The van der Waals surface area contributed by atoms with Gasteiger partial charge in [0.1, 0.15) is 11.4 Å². The Balaban J connectivity index is 1.75. The summed E-state index contributed by atoms with van der Waals surface area (Å²) in [6.45, 7) is 6.39. The molecule has 136 valence electrons. The van der Waals surface area contributed by atoms with Crippen LogP contribution in [0.25, 0.3) is 22.2 Å². The molecule has 0 radical (unpaired) electrons. The Morgan fingerprint density at radius 2 is 1.88 bits per heavy atom. The maximum absolute atomic E-state index is 5.78. The highest BCUT2D eigenvalue weighted by atomic mass is 127. The first kappa shape index (κ1) is 17.6. The molecule has 4 rings (SSSR count). The fourth-order valence-electron chi connectivity index (χ4n) is 3.63. The maximum atomic E-state index is 5.78. The molecule has 5 nitrogen and oxygen atoms in total. The monoisotopic (exact) mass is 462 g/mol. The molecule has 3 aromatic rings. The number of nitrogens with zero attached hydrogens (tertiary/aromatic N) is 3. The van der Waals surface area contributed by atoms with Gasteiger partial charge >= 0.3 is 0 Å². The molecule has 0 unspecified atom stereocenters. The first-order valence-corrected chi connectivity index (χ1v) is 9.90. The number of aryl methyl sites for hydroxylation is 1. The zero-order chi connectivity index (χ0) is 18.3. The summed E-state index contributed by atoms with van der Waals surface area (Å²) in [7, 11) is 3.94. The quantitative estimate of drug-likeness (QED) is 0.600. The molecule has 0 spiro atoms. The third-order valence-electron chi connectivity index (χ3n) is 5.12. The number of hydrogen-bond donors (Lipinski definition) is 1. The number of H-pyrrole nitrogens is 1. The van der Waals surface area contributed by atoms with E-state index in [1.54, 1.807) is 7.11 Å². The van der Waals surface area contributed by atoms with E-state index in [-0.39, 0.29) is 0 Å². The van der Waals surface area contributed by atoms with E-state index in [4.69, 9.17) is 4.74 Å². The molecule has 0 bridgehead atoms. The minimum atomic E-state index is 0.927. The minimum Gasteiger partial charge on any atom is -0.495 e. The zero-order valence-corrected chi connectivity index (χ0v) is 17.5. The van der Waals surface area contributed by atoms with Crippen LogP contribution in [0.5, 0.6) is 5.75 Å². The molecule has 26 heavy (non-hydrogen) atoms. The summed E-state index contributed by atoms with van der Waals surface area (Å²) < 4.78 is 6.97. The van der Waals surface area contributed by atoms with Gasteiger partial charge in [-0.15, -0.1) is 0 Å². The van der Waals surface area contributed by atoms with E-state index in [1.807, 2.05) is 12.4 Å². The number of anilines is 1. The van der Waals surface area contributed by atoms with Crippen molar-refractivity contribution in [1.82, 2.24) is 14.9 Å². The lowest BCUT2D eigenvalue weighted by Crippen LogP contribution is -2.44. The number of aromatic amines is 1. The van der Waals surface area contributed by atoms with Gasteiger partial charge in [0.2, 0.25) is 0 Å². The number of methoxy groups -OCH3 is 1. The first-order chi connectivity index (χ1) is 12.6. The predicted octanol–water partition coefficient (Wildman–Crippen LogP) is 3.90. The summed E-state index contributed by atoms with van der Waals surface area (Å²) in [6.07, 6.45) is 3.92. The second-order valence-electron chi connectivity index (χ2n) is 6.89. The van der Waals surface area contributed by atoms with Gasteiger partial charge in [0, 0.05) is 53.1 Å². The van der Waals surface area contributed by atoms with Crippen LogP contribution in [0.3, 0.4) is 0 Å². The second-order valence-corrected chi connectivity index (χ2v) is 8.05. The Kier molecular flexibility index (Phi) is 4.79. The normalized spacial score (nSPS) is 15.6. The van der Waals surface area contributed by atoms with Crippen LogP contribution in [0.15, 0.2) is 30.6 Å². The standard InChI is InChI=1S/C20H23IN4O/c1-13-8-14(15-9-16-17(21)12-23-20(16)22-11-15)10-18(26-3)19(13)25-6-4-24(2)5-7-25/h8-12H,4-7H2,1-3H3,(H,22,23). The number of nitrogens with one attached hydrogen (secondary N) is 1. The topological polar surface area (TPSA) is 44.4 Å². The third-order valence-corrected chi connectivity index (χ3v) is 6.01. The van der Waals surface area contributed by atoms with Gasteiger partial charge in [0.25, 0.3) is 0 Å². The largest absolute Gasteiger partial charge is 0.495 e. The minimum absolute atomic E-state index is 0.927. The van der Waals surface area contributed by atoms with Crippen molar-refractivity contribution in [3.05, 3.63) is 39.7 Å². The van der Waals surface area contributed by atoms with Gasteiger partial charge < -0.3 is 19.5 Å². The number of halogens is 1. The molecular formula is C20H23IN4O. The predicted molar refractivity (Wildman–Crippen MR) is 115 cm³/mol. The van der Waals surface area contributed by atoms with E-state index in [1.165, 1.54) is 14.8 Å². The molecule has 3 heterocycles. The fraction of sp³-hybridized carbons (Fsp3) is 0.350. The third kappa shape index (κ3) is 3.16. The number of piperazine rings is 1. The number of hydrogen-bond acceptors (Lipinski definition) is 4. The highest BCUT2D eigenvalue weighted by Crippen LogP contribution is 2.37. The van der Waals surface area contributed by atoms with E-state index >= 15 is 0 Å². The Hall–Kier alpha value is -1.80. The molecule has 1 fully saturated rings. The smallest absolute Gasteiger partial charge is 0.143 e. The van der Waals surface area contributed by atoms with Gasteiger partial charge in [-0.3, -0.25) is 0 Å². The van der Waals surface area contributed by atoms with E-state index in [9.17, 15) is 0 Å². The van der Waals surface area contributed by atoms with Gasteiger partial charge in [-0.05, 0) is 65.9 Å². The average molecular weight is 462 g/mol. The molecular weight excluding hydrogens is 439 g/mol. The number of likely N-dealkylation sites (N-methyl/N-ethyl adjacent to an activating group) is 1. The van der Waals surface area contributed by atoms with Gasteiger partial charge in [-0.1, -0.05) is 0 Å². The van der Waals surface area contributed by atoms with Crippen molar-refractivity contribution < 1.29 is 4.74 Å². The Morgan fingerprint density at radius 1 is 1.12 bits per heavy atom. The van der Waals surface area contributed by atoms with Crippen molar-refractivity contribution in [3.8, 4) is 16.9 Å². The van der Waals surface area contributed by atoms with Crippen LogP contribution in [0.4, 0.5) is 5.69 Å². The maximum Gasteiger partial charge on any atom is 0.143 e. The number of ether oxygens (including phenoxy) is 1. The van der Waals surface area contributed by atoms with Crippen molar-refractivity contribution in [1.29, 1.82) is 0 Å². The van der Waals surface area contributed by atoms with E-state index in [0.717, 1.165) is 54.1 Å². The lowest BCUT2D eigenvalue weighted by atomic mass is 10.0. The summed E-state index contributed by atoms with van der Waals surface area (Å²) in [5.41, 5.74) is 5.64. The van der Waals surface area contributed by atoms with Gasteiger partial charge in [-0.25, -0.2) is 4.98 Å². The van der Waals surface area contributed by atoms with Crippen LogP contribution in [-0.4, -0.2) is 55.2 Å². The lowest BCUT2D eigenvalue weighted by Gasteiger charge is -2.35. The van der Waals surface area contributed by atoms with Gasteiger partial charge in [0.15, 0.2) is 0 Å². The molecule has 0 amide bonds. The molecule has 1 N–H and O–H groups in total. The van der Waals surface area contributed by atoms with Gasteiger partial charge in [-0.2, -0.15) is 0 Å². The Morgan fingerprint density at radius 3 is 2.62 bits per heavy atom. The van der Waals surface area contributed by atoms with Crippen LogP contribution in [0.2, 0.25) is 0 Å². The number of benzene rings is 1. The van der Waals surface area contributed by atoms with Crippen molar-refractivity contribution in [2.45, 2.75) is 6.92 Å². The van der Waals surface area contributed by atoms with Crippen LogP contribution in [0.1, 0.15) is 5.56 Å². The zero-order valence-electron chi connectivity index (χ0n) is 15.3. The number of pyridine rings is 1. The molecule has 1 aliphatic heterocycles. The number of aromatic nitrogens is 2. The van der Waals surface area contributed by atoms with Crippen LogP contribution < -0.4 is 9.64 Å². The van der Waals surface area contributed by atoms with E-state index in [0.29, 0.717) is 0 Å². The number of fused-ring (bicyclic) bond motifs is 1. The average Bonchev–Trinajstić information content (AvgIpc) is 3.02. The van der Waals surface area contributed by atoms with Crippen molar-refractivity contribution >= 4 is 39.3 Å². The summed E-state index contributed by atoms with van der Waals surface area (Å²) in [5, 5.41) is 1.16. The summed E-state index contributed by atoms with van der Waals surface area (Å²) in [5.74, 6) is 0.938. The second kappa shape index (κ2) is 7.08. The highest BCUT2D eigenvalue weighted by Gasteiger charge is 2.20.